The molecule has 0 saturated carbocycles. The van der Waals surface area contributed by atoms with E-state index < -0.39 is 12.4 Å². The van der Waals surface area contributed by atoms with E-state index in [0.717, 1.165) is 74.1 Å². The predicted octanol–water partition coefficient (Wildman–Crippen LogP) is 6.12. The number of hydrogen-bond acceptors (Lipinski definition) is 7. The molecule has 0 spiro atoms. The largest absolute Gasteiger partial charge is 0.573 e. The second-order valence-electron chi connectivity index (χ2n) is 13.5. The fourth-order valence-corrected chi connectivity index (χ4v) is 7.34. The van der Waals surface area contributed by atoms with Crippen molar-refractivity contribution in [3.8, 4) is 16.9 Å². The normalized spacial score (nSPS) is 19.9. The molecule has 9 nitrogen and oxygen atoms in total. The van der Waals surface area contributed by atoms with Gasteiger partial charge in [0.15, 0.2) is 0 Å². The third-order valence-electron chi connectivity index (χ3n) is 10.0. The molecule has 1 aromatic heterocycles. The van der Waals surface area contributed by atoms with Gasteiger partial charge in [-0.15, -0.1) is 13.2 Å². The number of carbonyl (C=O) groups excluding carboxylic acids is 2. The first kappa shape index (κ1) is 33.9. The number of fused-ring (bicyclic) bond motifs is 1. The van der Waals surface area contributed by atoms with Gasteiger partial charge in [-0.3, -0.25) is 24.7 Å². The molecular formula is C37H40F4N6O3. The molecule has 0 aliphatic carbocycles. The minimum Gasteiger partial charge on any atom is -0.406 e. The molecule has 4 aromatic rings. The maximum absolute atomic E-state index is 14.9. The van der Waals surface area contributed by atoms with Crippen LogP contribution in [0, 0.1) is 11.7 Å². The summed E-state index contributed by atoms with van der Waals surface area (Å²) in [5, 5.41) is 6.53. The van der Waals surface area contributed by atoms with Gasteiger partial charge in [0, 0.05) is 74.0 Å². The molecule has 7 rings (SSSR count). The molecule has 2 amide bonds. The number of aromatic nitrogens is 1. The number of alkyl halides is 3. The zero-order chi connectivity index (χ0) is 34.8. The number of rotatable bonds is 9. The Hall–Kier alpha value is -4.62. The first-order chi connectivity index (χ1) is 24.1. The Labute approximate surface area is 287 Å². The van der Waals surface area contributed by atoms with Crippen LogP contribution in [0.3, 0.4) is 0 Å². The molecule has 3 aromatic carbocycles. The van der Waals surface area contributed by atoms with Gasteiger partial charge in [-0.1, -0.05) is 18.2 Å². The molecule has 3 saturated heterocycles. The molecule has 3 N–H and O–H groups in total. The predicted molar refractivity (Wildman–Crippen MR) is 183 cm³/mol. The van der Waals surface area contributed by atoms with Gasteiger partial charge >= 0.3 is 6.36 Å². The van der Waals surface area contributed by atoms with Crippen LogP contribution in [0.4, 0.5) is 28.9 Å². The monoisotopic (exact) mass is 692 g/mol. The zero-order valence-electron chi connectivity index (χ0n) is 27.6. The molecule has 0 radical (unpaired) electrons. The Morgan fingerprint density at radius 1 is 0.860 bits per heavy atom. The highest BCUT2D eigenvalue weighted by Crippen LogP contribution is 2.33. The molecule has 4 heterocycles. The Balaban J connectivity index is 0.885. The Kier molecular flexibility index (Phi) is 9.69. The smallest absolute Gasteiger partial charge is 0.406 e. The van der Waals surface area contributed by atoms with E-state index in [1.165, 1.54) is 23.8 Å². The van der Waals surface area contributed by atoms with Crippen molar-refractivity contribution in [2.45, 2.75) is 44.6 Å². The average Bonchev–Trinajstić information content (AvgIpc) is 3.51. The lowest BCUT2D eigenvalue weighted by Gasteiger charge is -2.39. The molecule has 50 heavy (non-hydrogen) atoms. The molecule has 3 fully saturated rings. The number of piperidine rings is 2. The van der Waals surface area contributed by atoms with Crippen LogP contribution < -0.4 is 20.3 Å². The summed E-state index contributed by atoms with van der Waals surface area (Å²) in [6, 6.07) is 16.6. The number of likely N-dealkylation sites (tertiary alicyclic amines) is 1. The molecule has 1 atom stereocenters. The highest BCUT2D eigenvalue weighted by atomic mass is 19.4. The topological polar surface area (TPSA) is 92.9 Å². The van der Waals surface area contributed by atoms with E-state index in [1.807, 2.05) is 6.20 Å². The summed E-state index contributed by atoms with van der Waals surface area (Å²) in [4.78, 5) is 33.9. The quantitative estimate of drug-likeness (QED) is 0.144. The fraction of sp³-hybridized carbons (Fsp3) is 0.405. The van der Waals surface area contributed by atoms with E-state index in [0.29, 0.717) is 36.8 Å². The standard InChI is InChI=1S/C37H40F4N6O3/c38-31-7-4-27(43-33-9-10-35(48)44-36(33)49)20-34(31)47-17-15-46(16-18-47)22-24-11-13-45(14-12-24)23-25-1-8-32-29(19-25)30(21-42-32)26-2-5-28(6-3-26)50-37(39,40)41/h1-8,19-21,24,33,42-43H,9-18,22-23H2,(H,44,48,49). The summed E-state index contributed by atoms with van der Waals surface area (Å²) < 4.78 is 56.7. The number of nitrogens with one attached hydrogen (secondary N) is 3. The number of anilines is 2. The van der Waals surface area contributed by atoms with E-state index in [9.17, 15) is 27.2 Å². The maximum Gasteiger partial charge on any atom is 0.573 e. The highest BCUT2D eigenvalue weighted by molar-refractivity contribution is 6.01. The molecule has 0 bridgehead atoms. The highest BCUT2D eigenvalue weighted by Gasteiger charge is 2.31. The van der Waals surface area contributed by atoms with Gasteiger partial charge in [0.1, 0.15) is 17.6 Å². The van der Waals surface area contributed by atoms with E-state index in [1.54, 1.807) is 24.3 Å². The van der Waals surface area contributed by atoms with Gasteiger partial charge in [-0.2, -0.15) is 0 Å². The van der Waals surface area contributed by atoms with Crippen molar-refractivity contribution in [2.24, 2.45) is 5.92 Å². The molecule has 13 heteroatoms. The summed E-state index contributed by atoms with van der Waals surface area (Å²) in [7, 11) is 0. The molecule has 3 aliphatic rings. The summed E-state index contributed by atoms with van der Waals surface area (Å²) in [5.41, 5.74) is 5.08. The number of amides is 2. The van der Waals surface area contributed by atoms with Crippen LogP contribution >= 0.6 is 0 Å². The lowest BCUT2D eigenvalue weighted by Crippen LogP contribution is -2.49. The van der Waals surface area contributed by atoms with E-state index in [2.05, 4.69) is 53.3 Å². The number of ether oxygens (including phenoxy) is 1. The summed E-state index contributed by atoms with van der Waals surface area (Å²) >= 11 is 0. The van der Waals surface area contributed by atoms with Gasteiger partial charge in [-0.05, 0) is 91.9 Å². The van der Waals surface area contributed by atoms with Gasteiger partial charge in [0.25, 0.3) is 0 Å². The van der Waals surface area contributed by atoms with Crippen LogP contribution in [0.15, 0.2) is 66.9 Å². The second-order valence-corrected chi connectivity index (χ2v) is 13.5. The van der Waals surface area contributed by atoms with E-state index in [4.69, 9.17) is 0 Å². The fourth-order valence-electron chi connectivity index (χ4n) is 7.34. The minimum atomic E-state index is -4.72. The van der Waals surface area contributed by atoms with Gasteiger partial charge in [0.2, 0.25) is 11.8 Å². The minimum absolute atomic E-state index is 0.244. The van der Waals surface area contributed by atoms with Gasteiger partial charge in [0.05, 0.1) is 5.69 Å². The van der Waals surface area contributed by atoms with Crippen molar-refractivity contribution in [1.82, 2.24) is 20.1 Å². The van der Waals surface area contributed by atoms with Crippen molar-refractivity contribution in [2.75, 3.05) is 56.0 Å². The third kappa shape index (κ3) is 8.05. The van der Waals surface area contributed by atoms with Crippen LogP contribution in [-0.2, 0) is 16.1 Å². The molecular weight excluding hydrogens is 652 g/mol. The number of nitrogens with zero attached hydrogens (tertiary/aromatic N) is 3. The number of benzene rings is 3. The van der Waals surface area contributed by atoms with Crippen LogP contribution in [0.5, 0.6) is 5.75 Å². The maximum atomic E-state index is 14.9. The third-order valence-corrected chi connectivity index (χ3v) is 10.0. The zero-order valence-corrected chi connectivity index (χ0v) is 27.6. The van der Waals surface area contributed by atoms with Crippen molar-refractivity contribution < 1.29 is 31.9 Å². The van der Waals surface area contributed by atoms with Crippen molar-refractivity contribution in [3.63, 3.8) is 0 Å². The van der Waals surface area contributed by atoms with Crippen LogP contribution in [0.2, 0.25) is 0 Å². The van der Waals surface area contributed by atoms with E-state index in [-0.39, 0.29) is 29.8 Å². The van der Waals surface area contributed by atoms with Crippen molar-refractivity contribution >= 4 is 34.1 Å². The number of imide groups is 1. The van der Waals surface area contributed by atoms with Crippen LogP contribution in [-0.4, -0.2) is 84.8 Å². The average molecular weight is 693 g/mol. The Morgan fingerprint density at radius 3 is 2.34 bits per heavy atom. The number of halogens is 4. The van der Waals surface area contributed by atoms with Gasteiger partial charge < -0.3 is 19.9 Å². The summed E-state index contributed by atoms with van der Waals surface area (Å²) in [6.07, 6.45) is 0.0554. The Bertz CT molecular complexity index is 1830. The van der Waals surface area contributed by atoms with Crippen molar-refractivity contribution in [1.29, 1.82) is 0 Å². The number of aromatic amines is 1. The second kappa shape index (κ2) is 14.3. The Morgan fingerprint density at radius 2 is 1.62 bits per heavy atom. The summed E-state index contributed by atoms with van der Waals surface area (Å²) in [5.74, 6) is -0.564. The lowest BCUT2D eigenvalue weighted by molar-refractivity contribution is -0.274. The number of H-pyrrole nitrogens is 1. The summed E-state index contributed by atoms with van der Waals surface area (Å²) in [6.45, 7) is 6.98. The van der Waals surface area contributed by atoms with Crippen LogP contribution in [0.1, 0.15) is 31.2 Å². The van der Waals surface area contributed by atoms with E-state index >= 15 is 0 Å². The number of carbonyl (C=O) groups is 2. The SMILES string of the molecule is O=C1CCC(Nc2ccc(F)c(N3CCN(CC4CCN(Cc5ccc6[nH]cc(-c7ccc(OC(F)(F)F)cc7)c6c5)CC4)CC3)c2)C(=O)N1. The lowest BCUT2D eigenvalue weighted by atomic mass is 9.95. The van der Waals surface area contributed by atoms with Gasteiger partial charge in [-0.25, -0.2) is 4.39 Å². The van der Waals surface area contributed by atoms with Crippen molar-refractivity contribution in [3.05, 3.63) is 78.2 Å². The first-order valence-corrected chi connectivity index (χ1v) is 17.1. The van der Waals surface area contributed by atoms with Crippen LogP contribution in [0.25, 0.3) is 22.0 Å². The first-order valence-electron chi connectivity index (χ1n) is 17.1. The number of piperazine rings is 1. The number of hydrogen-bond donors (Lipinski definition) is 3. The molecule has 264 valence electrons. The molecule has 3 aliphatic heterocycles. The molecule has 1 unspecified atom stereocenters.